The number of aromatic nitrogens is 2. The van der Waals surface area contributed by atoms with Gasteiger partial charge in [-0.2, -0.15) is 0 Å². The van der Waals surface area contributed by atoms with Crippen LogP contribution >= 0.6 is 11.8 Å². The zero-order valence-electron chi connectivity index (χ0n) is 19.9. The van der Waals surface area contributed by atoms with Crippen LogP contribution in [0.3, 0.4) is 0 Å². The van der Waals surface area contributed by atoms with Gasteiger partial charge in [0, 0.05) is 11.3 Å². The first-order valence-corrected chi connectivity index (χ1v) is 12.3. The summed E-state index contributed by atoms with van der Waals surface area (Å²) < 4.78 is 6.11. The Labute approximate surface area is 199 Å². The molecule has 0 bridgehead atoms. The second-order valence-corrected chi connectivity index (χ2v) is 11.2. The normalized spacial score (nSPS) is 19.4. The number of hydrogen-bond donors (Lipinski definition) is 2. The molecule has 4 rings (SSSR count). The number of nitrogens with zero attached hydrogens (tertiary/aromatic N) is 1. The molecule has 1 aliphatic heterocycles. The van der Waals surface area contributed by atoms with Gasteiger partial charge in [-0.15, -0.1) is 0 Å². The number of hydrogen-bond acceptors (Lipinski definition) is 5. The van der Waals surface area contributed by atoms with Gasteiger partial charge in [-0.1, -0.05) is 76.7 Å². The number of benzene rings is 2. The largest absolute Gasteiger partial charge is 0.511 e. The van der Waals surface area contributed by atoms with E-state index in [4.69, 9.17) is 4.74 Å². The van der Waals surface area contributed by atoms with Crippen molar-refractivity contribution in [3.8, 4) is 0 Å². The van der Waals surface area contributed by atoms with E-state index >= 15 is 0 Å². The summed E-state index contributed by atoms with van der Waals surface area (Å²) in [6.07, 6.45) is 3.43. The summed E-state index contributed by atoms with van der Waals surface area (Å²) in [5.74, 6) is -0.267. The van der Waals surface area contributed by atoms with Crippen molar-refractivity contribution in [2.75, 3.05) is 0 Å². The molecule has 3 aromatic rings. The number of aliphatic hydroxyl groups excluding tert-OH is 1. The van der Waals surface area contributed by atoms with E-state index in [1.807, 2.05) is 38.1 Å². The highest BCUT2D eigenvalue weighted by Gasteiger charge is 2.44. The van der Waals surface area contributed by atoms with Crippen molar-refractivity contribution in [3.63, 3.8) is 0 Å². The van der Waals surface area contributed by atoms with Crippen LogP contribution in [0.2, 0.25) is 0 Å². The van der Waals surface area contributed by atoms with Gasteiger partial charge >= 0.3 is 5.97 Å². The smallest absolute Gasteiger partial charge is 0.349 e. The standard InChI is InChI=1S/C27H32N2O3S/c1-17(2)27(12-11-18-9-7-6-8-10-18)15-22(30)24(25(31)32-27)33-23-14-21-20(28-16-29-21)13-19(23)26(3,4)5/h6-10,13-14,16-17,30H,11-12,15H2,1-5H3,(H,28,29). The van der Waals surface area contributed by atoms with Gasteiger partial charge < -0.3 is 14.8 Å². The number of nitrogens with one attached hydrogen (secondary N) is 1. The number of carbonyl (C=O) groups is 1. The third-order valence-electron chi connectivity index (χ3n) is 6.48. The van der Waals surface area contributed by atoms with E-state index in [1.165, 1.54) is 17.3 Å². The molecule has 2 N–H and O–H groups in total. The summed E-state index contributed by atoms with van der Waals surface area (Å²) in [7, 11) is 0. The summed E-state index contributed by atoms with van der Waals surface area (Å²) in [6, 6.07) is 14.2. The maximum Gasteiger partial charge on any atom is 0.349 e. The molecule has 2 aromatic carbocycles. The first-order chi connectivity index (χ1) is 15.6. The molecule has 0 radical (unpaired) electrons. The monoisotopic (exact) mass is 464 g/mol. The molecule has 0 saturated heterocycles. The molecule has 0 spiro atoms. The number of cyclic esters (lactones) is 1. The Morgan fingerprint density at radius 1 is 1.21 bits per heavy atom. The summed E-state index contributed by atoms with van der Waals surface area (Å²) in [6.45, 7) is 10.5. The maximum atomic E-state index is 13.2. The number of rotatable bonds is 6. The fourth-order valence-electron chi connectivity index (χ4n) is 4.34. The first-order valence-electron chi connectivity index (χ1n) is 11.4. The van der Waals surface area contributed by atoms with Crippen LogP contribution in [0.15, 0.2) is 64.4 Å². The molecule has 1 aromatic heterocycles. The fraction of sp³-hybridized carbons (Fsp3) is 0.407. The number of imidazole rings is 1. The van der Waals surface area contributed by atoms with Crippen LogP contribution in [-0.2, 0) is 21.4 Å². The number of thioether (sulfide) groups is 1. The Morgan fingerprint density at radius 2 is 1.94 bits per heavy atom. The molecule has 0 amide bonds. The SMILES string of the molecule is CC(C)C1(CCc2ccccc2)CC(O)=C(Sc2cc3nc[nH]c3cc2C(C)(C)C)C(=O)O1. The molecule has 5 nitrogen and oxygen atoms in total. The molecule has 33 heavy (non-hydrogen) atoms. The lowest BCUT2D eigenvalue weighted by Crippen LogP contribution is -2.44. The average Bonchev–Trinajstić information content (AvgIpc) is 3.22. The van der Waals surface area contributed by atoms with Gasteiger partial charge in [0.15, 0.2) is 0 Å². The van der Waals surface area contributed by atoms with Gasteiger partial charge in [0.25, 0.3) is 0 Å². The molecular weight excluding hydrogens is 432 g/mol. The van der Waals surface area contributed by atoms with Crippen LogP contribution in [0, 0.1) is 5.92 Å². The summed E-state index contributed by atoms with van der Waals surface area (Å²) in [5.41, 5.74) is 3.19. The number of aliphatic hydroxyl groups is 1. The number of ether oxygens (including phenoxy) is 1. The van der Waals surface area contributed by atoms with E-state index in [-0.39, 0.29) is 22.0 Å². The second-order valence-electron chi connectivity index (χ2n) is 10.2. The van der Waals surface area contributed by atoms with E-state index in [0.29, 0.717) is 12.8 Å². The van der Waals surface area contributed by atoms with E-state index < -0.39 is 11.6 Å². The van der Waals surface area contributed by atoms with Crippen LogP contribution in [0.1, 0.15) is 58.6 Å². The van der Waals surface area contributed by atoms with Crippen molar-refractivity contribution in [2.45, 2.75) is 69.8 Å². The van der Waals surface area contributed by atoms with Crippen molar-refractivity contribution >= 4 is 28.8 Å². The minimum atomic E-state index is -0.722. The van der Waals surface area contributed by atoms with Crippen molar-refractivity contribution < 1.29 is 14.6 Å². The topological polar surface area (TPSA) is 75.2 Å². The van der Waals surface area contributed by atoms with Crippen LogP contribution in [0.4, 0.5) is 0 Å². The minimum Gasteiger partial charge on any atom is -0.511 e. The van der Waals surface area contributed by atoms with Crippen molar-refractivity contribution in [1.82, 2.24) is 9.97 Å². The van der Waals surface area contributed by atoms with Crippen molar-refractivity contribution in [3.05, 3.63) is 70.6 Å². The van der Waals surface area contributed by atoms with Crippen LogP contribution < -0.4 is 0 Å². The third kappa shape index (κ3) is 4.81. The van der Waals surface area contributed by atoms with E-state index in [2.05, 4.69) is 48.9 Å². The van der Waals surface area contributed by atoms with Gasteiger partial charge in [0.1, 0.15) is 16.3 Å². The van der Waals surface area contributed by atoms with E-state index in [9.17, 15) is 9.90 Å². The molecule has 1 atom stereocenters. The van der Waals surface area contributed by atoms with Gasteiger partial charge in [-0.05, 0) is 47.4 Å². The van der Waals surface area contributed by atoms with Crippen LogP contribution in [0.25, 0.3) is 11.0 Å². The Balaban J connectivity index is 1.65. The Kier molecular flexibility index (Phi) is 6.32. The maximum absolute atomic E-state index is 13.2. The highest BCUT2D eigenvalue weighted by molar-refractivity contribution is 8.04. The number of fused-ring (bicyclic) bond motifs is 1. The molecule has 174 valence electrons. The lowest BCUT2D eigenvalue weighted by Gasteiger charge is -2.40. The van der Waals surface area contributed by atoms with Gasteiger partial charge in [0.2, 0.25) is 0 Å². The number of carbonyl (C=O) groups excluding carboxylic acids is 1. The lowest BCUT2D eigenvalue weighted by molar-refractivity contribution is -0.164. The molecule has 0 aliphatic carbocycles. The highest BCUT2D eigenvalue weighted by atomic mass is 32.2. The quantitative estimate of drug-likeness (QED) is 0.397. The van der Waals surface area contributed by atoms with Crippen molar-refractivity contribution in [2.24, 2.45) is 5.92 Å². The summed E-state index contributed by atoms with van der Waals surface area (Å²) in [4.78, 5) is 21.9. The molecular formula is C27H32N2O3S. The van der Waals surface area contributed by atoms with Crippen LogP contribution in [-0.4, -0.2) is 26.6 Å². The van der Waals surface area contributed by atoms with Gasteiger partial charge in [-0.25, -0.2) is 9.78 Å². The fourth-order valence-corrected chi connectivity index (χ4v) is 5.52. The zero-order chi connectivity index (χ0) is 23.8. The number of aryl methyl sites for hydroxylation is 1. The predicted octanol–water partition coefficient (Wildman–Crippen LogP) is 6.70. The zero-order valence-corrected chi connectivity index (χ0v) is 20.8. The summed E-state index contributed by atoms with van der Waals surface area (Å²) in [5, 5.41) is 11.1. The van der Waals surface area contributed by atoms with Crippen molar-refractivity contribution in [1.29, 1.82) is 0 Å². The molecule has 0 fully saturated rings. The number of esters is 1. The van der Waals surface area contributed by atoms with Gasteiger partial charge in [0.05, 0.1) is 17.4 Å². The second kappa shape index (κ2) is 8.90. The first kappa shape index (κ1) is 23.4. The molecule has 0 saturated carbocycles. The highest BCUT2D eigenvalue weighted by Crippen LogP contribution is 2.45. The molecule has 1 aliphatic rings. The van der Waals surface area contributed by atoms with E-state index in [1.54, 1.807) is 6.33 Å². The van der Waals surface area contributed by atoms with Gasteiger partial charge in [-0.3, -0.25) is 0 Å². The summed E-state index contributed by atoms with van der Waals surface area (Å²) >= 11 is 1.28. The number of aromatic amines is 1. The number of H-pyrrole nitrogens is 1. The molecule has 2 heterocycles. The predicted molar refractivity (Wildman–Crippen MR) is 133 cm³/mol. The Hall–Kier alpha value is -2.73. The molecule has 6 heteroatoms. The average molecular weight is 465 g/mol. The van der Waals surface area contributed by atoms with E-state index in [0.717, 1.165) is 27.9 Å². The third-order valence-corrected chi connectivity index (χ3v) is 7.65. The molecule has 1 unspecified atom stereocenters. The Morgan fingerprint density at radius 3 is 2.58 bits per heavy atom. The van der Waals surface area contributed by atoms with Crippen LogP contribution in [0.5, 0.6) is 0 Å². The Bertz CT molecular complexity index is 1190. The lowest BCUT2D eigenvalue weighted by atomic mass is 9.80. The minimum absolute atomic E-state index is 0.0735.